The minimum atomic E-state index is -0.357. The summed E-state index contributed by atoms with van der Waals surface area (Å²) >= 11 is 12.1. The van der Waals surface area contributed by atoms with Crippen LogP contribution in [0, 0.1) is 0 Å². The number of allylic oxidation sites excluding steroid dienone is 2. The van der Waals surface area contributed by atoms with Crippen molar-refractivity contribution in [2.45, 2.75) is 102 Å². The van der Waals surface area contributed by atoms with E-state index in [9.17, 15) is 9.59 Å². The summed E-state index contributed by atoms with van der Waals surface area (Å²) in [6.07, 6.45) is 18.3. The number of esters is 1. The highest BCUT2D eigenvalue weighted by atomic mass is 35.5. The fourth-order valence-corrected chi connectivity index (χ4v) is 3.94. The van der Waals surface area contributed by atoms with Crippen molar-refractivity contribution in [3.63, 3.8) is 0 Å². The quantitative estimate of drug-likeness (QED) is 0.0792. The van der Waals surface area contributed by atoms with Crippen LogP contribution in [0.5, 0.6) is 0 Å². The first-order valence-corrected chi connectivity index (χ1v) is 13.1. The first-order chi connectivity index (χ1) is 15.4. The Hall–Kier alpha value is -0.780. The minimum Gasteiger partial charge on any atom is -0.464 e. The van der Waals surface area contributed by atoms with Gasteiger partial charge in [0.15, 0.2) is 0 Å². The number of nitrogens with zero attached hydrogens (tertiary/aromatic N) is 1. The van der Waals surface area contributed by atoms with Crippen LogP contribution in [0.2, 0.25) is 0 Å². The Morgan fingerprint density at radius 2 is 1.50 bits per heavy atom. The monoisotopic (exact) mass is 493 g/mol. The Bertz CT molecular complexity index is 502. The Kier molecular flexibility index (Phi) is 21.5. The molecular weight excluding hydrogens is 449 g/mol. The third-order valence-corrected chi connectivity index (χ3v) is 6.21. The largest absolute Gasteiger partial charge is 0.464 e. The maximum atomic E-state index is 12.4. The highest BCUT2D eigenvalue weighted by Gasteiger charge is 2.20. The second kappa shape index (κ2) is 22.0. The first-order valence-electron chi connectivity index (χ1n) is 12.1. The predicted molar refractivity (Wildman–Crippen MR) is 135 cm³/mol. The van der Waals surface area contributed by atoms with E-state index in [2.05, 4.69) is 12.2 Å². The SMILES string of the molecule is COC[C@@H](COC(C)=O)N(C)C(=O)CC/C=C/CCCC[C@H](Cl)CCCCCCCCCl. The molecule has 5 nitrogen and oxygen atoms in total. The number of unbranched alkanes of at least 4 members (excludes halogenated alkanes) is 7. The molecule has 0 saturated heterocycles. The lowest BCUT2D eigenvalue weighted by molar-refractivity contribution is -0.146. The van der Waals surface area contributed by atoms with Crippen LogP contribution in [0.3, 0.4) is 0 Å². The van der Waals surface area contributed by atoms with Crippen molar-refractivity contribution >= 4 is 35.1 Å². The summed E-state index contributed by atoms with van der Waals surface area (Å²) in [6, 6.07) is -0.264. The van der Waals surface area contributed by atoms with E-state index < -0.39 is 0 Å². The minimum absolute atomic E-state index is 0.0212. The number of hydrogen-bond acceptors (Lipinski definition) is 4. The summed E-state index contributed by atoms with van der Waals surface area (Å²) < 4.78 is 10.2. The van der Waals surface area contributed by atoms with Gasteiger partial charge in [0.1, 0.15) is 6.61 Å². The third kappa shape index (κ3) is 18.8. The molecule has 0 aliphatic carbocycles. The number of likely N-dealkylation sites (N-methyl/N-ethyl adjacent to an activating group) is 1. The highest BCUT2D eigenvalue weighted by molar-refractivity contribution is 6.20. The summed E-state index contributed by atoms with van der Waals surface area (Å²) in [7, 11) is 3.30. The van der Waals surface area contributed by atoms with Crippen LogP contribution >= 0.6 is 23.2 Å². The van der Waals surface area contributed by atoms with E-state index >= 15 is 0 Å². The van der Waals surface area contributed by atoms with Crippen molar-refractivity contribution in [1.82, 2.24) is 4.90 Å². The van der Waals surface area contributed by atoms with Gasteiger partial charge in [-0.25, -0.2) is 0 Å². The van der Waals surface area contributed by atoms with E-state index in [-0.39, 0.29) is 24.5 Å². The molecule has 188 valence electrons. The molecule has 0 fully saturated rings. The zero-order valence-corrected chi connectivity index (χ0v) is 22.0. The zero-order chi connectivity index (χ0) is 24.0. The van der Waals surface area contributed by atoms with Crippen molar-refractivity contribution in [3.05, 3.63) is 12.2 Å². The molecule has 2 atom stereocenters. The fourth-order valence-electron chi connectivity index (χ4n) is 3.44. The molecule has 0 bridgehead atoms. The van der Waals surface area contributed by atoms with Gasteiger partial charge in [-0.1, -0.05) is 50.7 Å². The van der Waals surface area contributed by atoms with Crippen LogP contribution in [0.1, 0.15) is 90.4 Å². The van der Waals surface area contributed by atoms with E-state index in [1.807, 2.05) is 0 Å². The number of carbonyl (C=O) groups is 2. The van der Waals surface area contributed by atoms with Crippen molar-refractivity contribution in [1.29, 1.82) is 0 Å². The number of alkyl halides is 2. The summed E-state index contributed by atoms with van der Waals surface area (Å²) in [6.45, 7) is 1.84. The smallest absolute Gasteiger partial charge is 0.302 e. The maximum Gasteiger partial charge on any atom is 0.302 e. The molecule has 0 aromatic rings. The average Bonchev–Trinajstić information content (AvgIpc) is 2.77. The molecule has 0 unspecified atom stereocenters. The topological polar surface area (TPSA) is 55.8 Å². The van der Waals surface area contributed by atoms with Crippen molar-refractivity contribution in [2.75, 3.05) is 33.3 Å². The summed E-state index contributed by atoms with van der Waals surface area (Å²) in [5, 5.41) is 0.294. The molecule has 7 heteroatoms. The normalized spacial score (nSPS) is 13.3. The molecular formula is C25H45Cl2NO4. The van der Waals surface area contributed by atoms with Gasteiger partial charge in [-0.05, 0) is 38.5 Å². The molecule has 0 aromatic heterocycles. The number of rotatable bonds is 21. The molecule has 0 N–H and O–H groups in total. The number of carbonyl (C=O) groups excluding carboxylic acids is 2. The number of amides is 1. The van der Waals surface area contributed by atoms with E-state index in [1.165, 1.54) is 39.0 Å². The van der Waals surface area contributed by atoms with Gasteiger partial charge in [0.25, 0.3) is 0 Å². The molecule has 0 aromatic carbocycles. The van der Waals surface area contributed by atoms with Gasteiger partial charge in [-0.15, -0.1) is 23.2 Å². The van der Waals surface area contributed by atoms with Gasteiger partial charge in [0.05, 0.1) is 12.6 Å². The second-order valence-electron chi connectivity index (χ2n) is 8.41. The average molecular weight is 495 g/mol. The van der Waals surface area contributed by atoms with Crippen molar-refractivity contribution in [3.8, 4) is 0 Å². The standard InChI is InChI=1S/C25H45Cl2NO4/c1-22(29)32-21-24(20-31-3)28(2)25(30)18-14-10-5-4-8-12-16-23(27)17-13-9-6-7-11-15-19-26/h5,10,23-24H,4,6-9,11-21H2,1-3H3/b10-5+/t23-,24-/m0/s1. The Morgan fingerprint density at radius 3 is 2.12 bits per heavy atom. The highest BCUT2D eigenvalue weighted by Crippen LogP contribution is 2.17. The molecule has 32 heavy (non-hydrogen) atoms. The fraction of sp³-hybridized carbons (Fsp3) is 0.840. The van der Waals surface area contributed by atoms with Gasteiger partial charge in [-0.2, -0.15) is 0 Å². The van der Waals surface area contributed by atoms with Crippen LogP contribution in [-0.4, -0.2) is 61.4 Å². The first kappa shape index (κ1) is 31.2. The van der Waals surface area contributed by atoms with Crippen LogP contribution in [-0.2, 0) is 19.1 Å². The molecule has 0 radical (unpaired) electrons. The van der Waals surface area contributed by atoms with Crippen LogP contribution < -0.4 is 0 Å². The van der Waals surface area contributed by atoms with E-state index in [0.717, 1.165) is 44.4 Å². The van der Waals surface area contributed by atoms with Gasteiger partial charge in [0.2, 0.25) is 5.91 Å². The number of hydrogen-bond donors (Lipinski definition) is 0. The molecule has 0 aliphatic rings. The molecule has 1 amide bonds. The van der Waals surface area contributed by atoms with Gasteiger partial charge in [0, 0.05) is 38.8 Å². The van der Waals surface area contributed by atoms with E-state index in [4.69, 9.17) is 32.7 Å². The lowest BCUT2D eigenvalue weighted by atomic mass is 10.0. The number of halogens is 2. The van der Waals surface area contributed by atoms with Crippen LogP contribution in [0.4, 0.5) is 0 Å². The van der Waals surface area contributed by atoms with Crippen LogP contribution in [0.25, 0.3) is 0 Å². The number of methoxy groups -OCH3 is 1. The van der Waals surface area contributed by atoms with Crippen molar-refractivity contribution in [2.24, 2.45) is 0 Å². The Labute approximate surface area is 206 Å². The zero-order valence-electron chi connectivity index (χ0n) is 20.5. The van der Waals surface area contributed by atoms with Crippen LogP contribution in [0.15, 0.2) is 12.2 Å². The molecule has 0 heterocycles. The lowest BCUT2D eigenvalue weighted by Crippen LogP contribution is -2.43. The molecule has 0 spiro atoms. The molecule has 0 aliphatic heterocycles. The third-order valence-electron chi connectivity index (χ3n) is 5.51. The second-order valence-corrected chi connectivity index (χ2v) is 9.40. The summed E-state index contributed by atoms with van der Waals surface area (Å²) in [4.78, 5) is 25.0. The maximum absolute atomic E-state index is 12.4. The van der Waals surface area contributed by atoms with Gasteiger partial charge < -0.3 is 14.4 Å². The lowest BCUT2D eigenvalue weighted by Gasteiger charge is -2.27. The van der Waals surface area contributed by atoms with Gasteiger partial charge >= 0.3 is 5.97 Å². The summed E-state index contributed by atoms with van der Waals surface area (Å²) in [5.74, 6) is 0.444. The van der Waals surface area contributed by atoms with Gasteiger partial charge in [-0.3, -0.25) is 9.59 Å². The Balaban J connectivity index is 3.78. The summed E-state index contributed by atoms with van der Waals surface area (Å²) in [5.41, 5.74) is 0. The van der Waals surface area contributed by atoms with E-state index in [0.29, 0.717) is 24.8 Å². The Morgan fingerprint density at radius 1 is 0.906 bits per heavy atom. The van der Waals surface area contributed by atoms with Crippen molar-refractivity contribution < 1.29 is 19.1 Å². The molecule has 0 saturated carbocycles. The predicted octanol–water partition coefficient (Wildman–Crippen LogP) is 6.50. The molecule has 0 rings (SSSR count). The van der Waals surface area contributed by atoms with E-state index in [1.54, 1.807) is 19.1 Å². The number of ether oxygens (including phenoxy) is 2.